The summed E-state index contributed by atoms with van der Waals surface area (Å²) in [6.07, 6.45) is 9.28. The fraction of sp³-hybridized carbons (Fsp3) is 0.867. The predicted octanol–water partition coefficient (Wildman–Crippen LogP) is 2.61. The van der Waals surface area contributed by atoms with E-state index in [0.29, 0.717) is 11.3 Å². The molecule has 4 rings (SSSR count). The van der Waals surface area contributed by atoms with Crippen LogP contribution in [0.5, 0.6) is 0 Å². The van der Waals surface area contributed by atoms with Gasteiger partial charge in [-0.1, -0.05) is 24.6 Å². The number of aliphatic hydroxyl groups is 1. The van der Waals surface area contributed by atoms with Crippen LogP contribution in [-0.4, -0.2) is 44.3 Å². The molecule has 6 heteroatoms. The molecule has 1 saturated heterocycles. The molecule has 1 aromatic rings. The molecule has 0 radical (unpaired) electrons. The summed E-state index contributed by atoms with van der Waals surface area (Å²) in [4.78, 5) is 2.38. The quantitative estimate of drug-likeness (QED) is 0.926. The Labute approximate surface area is 130 Å². The van der Waals surface area contributed by atoms with E-state index in [0.717, 1.165) is 43.5 Å². The first-order valence-corrected chi connectivity index (χ1v) is 9.25. The summed E-state index contributed by atoms with van der Waals surface area (Å²) in [6.45, 7) is 2.23. The Morgan fingerprint density at radius 3 is 2.43 bits per heavy atom. The molecular weight excluding hydrogens is 284 g/mol. The molecule has 0 bridgehead atoms. The molecule has 2 unspecified atom stereocenters. The molecule has 1 aromatic heterocycles. The normalized spacial score (nSPS) is 30.0. The first-order valence-electron chi connectivity index (χ1n) is 8.37. The Balaban J connectivity index is 1.56. The van der Waals surface area contributed by atoms with Gasteiger partial charge in [-0.3, -0.25) is 4.57 Å². The van der Waals surface area contributed by atoms with Gasteiger partial charge in [-0.2, -0.15) is 0 Å². The lowest BCUT2D eigenvalue weighted by Crippen LogP contribution is -2.27. The van der Waals surface area contributed by atoms with E-state index in [2.05, 4.69) is 19.7 Å². The highest BCUT2D eigenvalue weighted by atomic mass is 32.2. The maximum Gasteiger partial charge on any atom is 0.228 e. The van der Waals surface area contributed by atoms with Crippen LogP contribution in [0.25, 0.3) is 0 Å². The predicted molar refractivity (Wildman–Crippen MR) is 83.9 cm³/mol. The number of hydrogen-bond donors (Lipinski definition) is 1. The topological polar surface area (TPSA) is 54.2 Å². The fourth-order valence-corrected chi connectivity index (χ4v) is 4.77. The summed E-state index contributed by atoms with van der Waals surface area (Å²) >= 11 is 1.76. The molecule has 2 heterocycles. The van der Waals surface area contributed by atoms with Crippen molar-refractivity contribution in [1.29, 1.82) is 0 Å². The monoisotopic (exact) mass is 308 g/mol. The highest BCUT2D eigenvalue weighted by Crippen LogP contribution is 2.43. The molecule has 21 heavy (non-hydrogen) atoms. The summed E-state index contributed by atoms with van der Waals surface area (Å²) in [5.74, 6) is 1.07. The number of thioether (sulfide) groups is 1. The second-order valence-electron chi connectivity index (χ2n) is 6.59. The highest BCUT2D eigenvalue weighted by Gasteiger charge is 2.34. The molecule has 0 spiro atoms. The van der Waals surface area contributed by atoms with Gasteiger partial charge in [0.15, 0.2) is 5.16 Å². The van der Waals surface area contributed by atoms with Crippen LogP contribution < -0.4 is 4.90 Å². The molecular formula is C15H24N4OS. The average molecular weight is 308 g/mol. The van der Waals surface area contributed by atoms with E-state index in [1.165, 1.54) is 32.1 Å². The van der Waals surface area contributed by atoms with Crippen molar-refractivity contribution < 1.29 is 5.11 Å². The van der Waals surface area contributed by atoms with Crippen LogP contribution in [0.4, 0.5) is 5.95 Å². The third kappa shape index (κ3) is 2.80. The summed E-state index contributed by atoms with van der Waals surface area (Å²) in [6, 6.07) is 0.596. The molecule has 3 fully saturated rings. The molecule has 2 atom stereocenters. The molecule has 2 saturated carbocycles. The van der Waals surface area contributed by atoms with Crippen molar-refractivity contribution in [1.82, 2.24) is 14.8 Å². The van der Waals surface area contributed by atoms with Crippen molar-refractivity contribution in [2.24, 2.45) is 0 Å². The van der Waals surface area contributed by atoms with Crippen molar-refractivity contribution in [3.05, 3.63) is 0 Å². The second-order valence-corrected chi connectivity index (χ2v) is 7.79. The molecule has 0 aromatic carbocycles. The molecule has 1 N–H and O–H groups in total. The van der Waals surface area contributed by atoms with E-state index in [-0.39, 0.29) is 6.10 Å². The number of aromatic nitrogens is 3. The summed E-state index contributed by atoms with van der Waals surface area (Å²) in [5, 5.41) is 20.5. The molecule has 5 nitrogen and oxygen atoms in total. The SMILES string of the molecule is OC1CCCCC1Sc1nnc(N2CCCC2)n1C1CC1. The van der Waals surface area contributed by atoms with Crippen molar-refractivity contribution in [2.75, 3.05) is 18.0 Å². The van der Waals surface area contributed by atoms with E-state index >= 15 is 0 Å². The average Bonchev–Trinajstić information content (AvgIpc) is 3.02. The van der Waals surface area contributed by atoms with Crippen molar-refractivity contribution in [2.45, 2.75) is 73.9 Å². The van der Waals surface area contributed by atoms with Gasteiger partial charge >= 0.3 is 0 Å². The summed E-state index contributed by atoms with van der Waals surface area (Å²) in [5.41, 5.74) is 0. The van der Waals surface area contributed by atoms with Crippen LogP contribution in [0.1, 0.15) is 57.4 Å². The maximum atomic E-state index is 10.2. The Bertz CT molecular complexity index is 496. The molecule has 116 valence electrons. The maximum absolute atomic E-state index is 10.2. The zero-order valence-corrected chi connectivity index (χ0v) is 13.3. The highest BCUT2D eigenvalue weighted by molar-refractivity contribution is 7.99. The minimum atomic E-state index is -0.177. The van der Waals surface area contributed by atoms with Gasteiger partial charge in [0, 0.05) is 24.4 Å². The molecule has 2 aliphatic carbocycles. The minimum absolute atomic E-state index is 0.177. The van der Waals surface area contributed by atoms with E-state index < -0.39 is 0 Å². The lowest BCUT2D eigenvalue weighted by molar-refractivity contribution is 0.136. The second kappa shape index (κ2) is 5.80. The number of anilines is 1. The molecule has 0 amide bonds. The van der Waals surface area contributed by atoms with Crippen LogP contribution in [0, 0.1) is 0 Å². The van der Waals surface area contributed by atoms with E-state index in [1.54, 1.807) is 11.8 Å². The van der Waals surface area contributed by atoms with Gasteiger partial charge in [0.25, 0.3) is 0 Å². The minimum Gasteiger partial charge on any atom is -0.392 e. The lowest BCUT2D eigenvalue weighted by Gasteiger charge is -2.26. The van der Waals surface area contributed by atoms with Gasteiger partial charge in [-0.25, -0.2) is 0 Å². The van der Waals surface area contributed by atoms with Gasteiger partial charge in [0.1, 0.15) is 0 Å². The third-order valence-corrected chi connectivity index (χ3v) is 6.21. The first-order chi connectivity index (χ1) is 10.3. The standard InChI is InChI=1S/C15H24N4OS/c20-12-5-1-2-6-13(12)21-15-17-16-14(18-9-3-4-10-18)19(15)11-7-8-11/h11-13,20H,1-10H2. The van der Waals surface area contributed by atoms with Gasteiger partial charge in [0.05, 0.1) is 6.10 Å². The lowest BCUT2D eigenvalue weighted by atomic mass is 9.97. The van der Waals surface area contributed by atoms with Gasteiger partial charge < -0.3 is 10.0 Å². The van der Waals surface area contributed by atoms with E-state index in [9.17, 15) is 5.11 Å². The van der Waals surface area contributed by atoms with Crippen molar-refractivity contribution in [3.8, 4) is 0 Å². The fourth-order valence-electron chi connectivity index (χ4n) is 3.48. The van der Waals surface area contributed by atoms with Crippen molar-refractivity contribution >= 4 is 17.7 Å². The van der Waals surface area contributed by atoms with Gasteiger partial charge in [-0.05, 0) is 38.5 Å². The summed E-state index contributed by atoms with van der Waals surface area (Å²) < 4.78 is 2.36. The van der Waals surface area contributed by atoms with Crippen LogP contribution in [-0.2, 0) is 0 Å². The van der Waals surface area contributed by atoms with E-state index in [4.69, 9.17) is 0 Å². The first kappa shape index (κ1) is 13.9. The number of nitrogens with zero attached hydrogens (tertiary/aromatic N) is 4. The van der Waals surface area contributed by atoms with Crippen LogP contribution in [0.3, 0.4) is 0 Å². The number of rotatable bonds is 4. The zero-order chi connectivity index (χ0) is 14.2. The van der Waals surface area contributed by atoms with Gasteiger partial charge in [0.2, 0.25) is 5.95 Å². The van der Waals surface area contributed by atoms with Crippen LogP contribution in [0.15, 0.2) is 5.16 Å². The molecule has 1 aliphatic heterocycles. The Morgan fingerprint density at radius 2 is 1.71 bits per heavy atom. The number of aliphatic hydroxyl groups excluding tert-OH is 1. The van der Waals surface area contributed by atoms with Crippen molar-refractivity contribution in [3.63, 3.8) is 0 Å². The third-order valence-electron chi connectivity index (χ3n) is 4.87. The Kier molecular flexibility index (Phi) is 3.83. The van der Waals surface area contributed by atoms with Crippen LogP contribution >= 0.6 is 11.8 Å². The Hall–Kier alpha value is -0.750. The zero-order valence-electron chi connectivity index (χ0n) is 12.4. The Morgan fingerprint density at radius 1 is 0.952 bits per heavy atom. The van der Waals surface area contributed by atoms with Gasteiger partial charge in [-0.15, -0.1) is 10.2 Å². The molecule has 3 aliphatic rings. The van der Waals surface area contributed by atoms with Crippen LogP contribution in [0.2, 0.25) is 0 Å². The number of hydrogen-bond acceptors (Lipinski definition) is 5. The van der Waals surface area contributed by atoms with E-state index in [1.807, 2.05) is 0 Å². The smallest absolute Gasteiger partial charge is 0.228 e. The summed E-state index contributed by atoms with van der Waals surface area (Å²) in [7, 11) is 0. The largest absolute Gasteiger partial charge is 0.392 e.